The zero-order valence-electron chi connectivity index (χ0n) is 9.79. The Hall–Kier alpha value is -1.12. The summed E-state index contributed by atoms with van der Waals surface area (Å²) in [5.41, 5.74) is 1.14. The Balaban J connectivity index is 3.85. The van der Waals surface area contributed by atoms with Gasteiger partial charge in [-0.25, -0.2) is 0 Å². The van der Waals surface area contributed by atoms with Crippen LogP contribution in [0.3, 0.4) is 0 Å². The average molecular weight is 212 g/mol. The van der Waals surface area contributed by atoms with E-state index in [1.54, 1.807) is 6.92 Å². The van der Waals surface area contributed by atoms with Crippen LogP contribution in [0.1, 0.15) is 40.0 Å². The fourth-order valence-electron chi connectivity index (χ4n) is 1.32. The number of hydrogen-bond donors (Lipinski definition) is 0. The monoisotopic (exact) mass is 212 g/mol. The fraction of sp³-hybridized carbons (Fsp3) is 0.667. The van der Waals surface area contributed by atoms with Gasteiger partial charge in [-0.2, -0.15) is 0 Å². The lowest BCUT2D eigenvalue weighted by atomic mass is 10.0. The molecule has 15 heavy (non-hydrogen) atoms. The van der Waals surface area contributed by atoms with Gasteiger partial charge in [0.05, 0.1) is 6.61 Å². The van der Waals surface area contributed by atoms with Crippen LogP contribution in [0.5, 0.6) is 0 Å². The van der Waals surface area contributed by atoms with Crippen LogP contribution in [-0.4, -0.2) is 18.9 Å². The molecule has 0 aliphatic heterocycles. The van der Waals surface area contributed by atoms with Crippen LogP contribution >= 0.6 is 0 Å². The van der Waals surface area contributed by atoms with Gasteiger partial charge < -0.3 is 9.53 Å². The molecule has 0 aromatic carbocycles. The van der Waals surface area contributed by atoms with E-state index in [1.165, 1.54) is 0 Å². The Morgan fingerprint density at radius 1 is 1.40 bits per heavy atom. The predicted molar refractivity (Wildman–Crippen MR) is 59.5 cm³/mol. The number of carbonyl (C=O) groups is 2. The maximum Gasteiger partial charge on any atom is 0.306 e. The number of aldehydes is 1. The number of hydrogen-bond acceptors (Lipinski definition) is 3. The van der Waals surface area contributed by atoms with Crippen molar-refractivity contribution in [2.24, 2.45) is 5.92 Å². The SMILES string of the molecule is CCOC(=O)CC/C(C)=C/C(C)CC=O. The third-order valence-electron chi connectivity index (χ3n) is 2.07. The van der Waals surface area contributed by atoms with Gasteiger partial charge in [0.15, 0.2) is 0 Å². The zero-order chi connectivity index (χ0) is 11.7. The molecule has 3 heteroatoms. The quantitative estimate of drug-likeness (QED) is 0.370. The molecule has 0 aliphatic carbocycles. The Labute approximate surface area is 91.5 Å². The number of esters is 1. The number of rotatable bonds is 7. The van der Waals surface area contributed by atoms with Gasteiger partial charge in [0.25, 0.3) is 0 Å². The minimum atomic E-state index is -0.159. The molecule has 0 spiro atoms. The maximum absolute atomic E-state index is 11.1. The number of ether oxygens (including phenoxy) is 1. The first-order chi connectivity index (χ1) is 7.10. The van der Waals surface area contributed by atoms with Crippen LogP contribution in [-0.2, 0) is 14.3 Å². The highest BCUT2D eigenvalue weighted by Crippen LogP contribution is 2.11. The van der Waals surface area contributed by atoms with E-state index in [-0.39, 0.29) is 11.9 Å². The maximum atomic E-state index is 11.1. The molecule has 0 rings (SSSR count). The van der Waals surface area contributed by atoms with Crippen molar-refractivity contribution in [2.75, 3.05) is 6.61 Å². The molecule has 3 nitrogen and oxygen atoms in total. The van der Waals surface area contributed by atoms with E-state index in [9.17, 15) is 9.59 Å². The van der Waals surface area contributed by atoms with E-state index in [0.717, 1.165) is 11.9 Å². The molecular formula is C12H20O3. The molecule has 0 aliphatic rings. The van der Waals surface area contributed by atoms with Gasteiger partial charge in [0, 0.05) is 12.8 Å². The van der Waals surface area contributed by atoms with E-state index < -0.39 is 0 Å². The summed E-state index contributed by atoms with van der Waals surface area (Å²) in [6, 6.07) is 0. The molecule has 0 bridgehead atoms. The van der Waals surface area contributed by atoms with Crippen LogP contribution in [0.15, 0.2) is 11.6 Å². The standard InChI is InChI=1S/C12H20O3/c1-4-15-12(14)6-5-10(2)9-11(3)7-8-13/h8-9,11H,4-7H2,1-3H3/b10-9+. The summed E-state index contributed by atoms with van der Waals surface area (Å²) >= 11 is 0. The molecule has 0 amide bonds. The summed E-state index contributed by atoms with van der Waals surface area (Å²) in [6.45, 7) is 6.19. The van der Waals surface area contributed by atoms with Crippen molar-refractivity contribution < 1.29 is 14.3 Å². The molecule has 86 valence electrons. The van der Waals surface area contributed by atoms with Gasteiger partial charge in [0.1, 0.15) is 6.29 Å². The van der Waals surface area contributed by atoms with E-state index in [4.69, 9.17) is 4.74 Å². The fourth-order valence-corrected chi connectivity index (χ4v) is 1.32. The second kappa shape index (κ2) is 8.21. The highest BCUT2D eigenvalue weighted by Gasteiger charge is 2.03. The molecule has 0 aromatic heterocycles. The van der Waals surface area contributed by atoms with Crippen molar-refractivity contribution in [2.45, 2.75) is 40.0 Å². The first-order valence-electron chi connectivity index (χ1n) is 5.36. The third kappa shape index (κ3) is 7.91. The van der Waals surface area contributed by atoms with Crippen molar-refractivity contribution in [3.05, 3.63) is 11.6 Å². The van der Waals surface area contributed by atoms with Crippen LogP contribution < -0.4 is 0 Å². The van der Waals surface area contributed by atoms with Crippen molar-refractivity contribution in [3.63, 3.8) is 0 Å². The smallest absolute Gasteiger partial charge is 0.306 e. The summed E-state index contributed by atoms with van der Waals surface area (Å²) in [6.07, 6.45) is 4.62. The van der Waals surface area contributed by atoms with Crippen LogP contribution in [0.4, 0.5) is 0 Å². The number of carbonyl (C=O) groups excluding carboxylic acids is 2. The lowest BCUT2D eigenvalue weighted by Gasteiger charge is -2.05. The van der Waals surface area contributed by atoms with Crippen molar-refractivity contribution in [3.8, 4) is 0 Å². The lowest BCUT2D eigenvalue weighted by Crippen LogP contribution is -2.03. The Morgan fingerprint density at radius 3 is 2.60 bits per heavy atom. The minimum absolute atomic E-state index is 0.159. The number of allylic oxidation sites excluding steroid dienone is 2. The Morgan fingerprint density at radius 2 is 2.07 bits per heavy atom. The highest BCUT2D eigenvalue weighted by atomic mass is 16.5. The second-order valence-electron chi connectivity index (χ2n) is 3.70. The molecule has 0 fully saturated rings. The van der Waals surface area contributed by atoms with Gasteiger partial charge in [-0.3, -0.25) is 4.79 Å². The van der Waals surface area contributed by atoms with Crippen molar-refractivity contribution in [1.82, 2.24) is 0 Å². The molecule has 0 aromatic rings. The first-order valence-corrected chi connectivity index (χ1v) is 5.36. The second-order valence-corrected chi connectivity index (χ2v) is 3.70. The Kier molecular flexibility index (Phi) is 7.60. The normalized spacial score (nSPS) is 13.4. The summed E-state index contributed by atoms with van der Waals surface area (Å²) in [7, 11) is 0. The van der Waals surface area contributed by atoms with Crippen molar-refractivity contribution in [1.29, 1.82) is 0 Å². The molecule has 0 heterocycles. The van der Waals surface area contributed by atoms with Gasteiger partial charge in [0.2, 0.25) is 0 Å². The first kappa shape index (κ1) is 13.9. The molecular weight excluding hydrogens is 192 g/mol. The molecule has 1 atom stereocenters. The third-order valence-corrected chi connectivity index (χ3v) is 2.07. The van der Waals surface area contributed by atoms with Crippen LogP contribution in [0.2, 0.25) is 0 Å². The van der Waals surface area contributed by atoms with E-state index in [2.05, 4.69) is 0 Å². The summed E-state index contributed by atoms with van der Waals surface area (Å²) in [4.78, 5) is 21.3. The molecule has 0 saturated carbocycles. The molecule has 1 unspecified atom stereocenters. The largest absolute Gasteiger partial charge is 0.466 e. The zero-order valence-corrected chi connectivity index (χ0v) is 9.79. The summed E-state index contributed by atoms with van der Waals surface area (Å²) < 4.78 is 4.82. The van der Waals surface area contributed by atoms with Crippen molar-refractivity contribution >= 4 is 12.3 Å². The van der Waals surface area contributed by atoms with E-state index in [0.29, 0.717) is 25.9 Å². The van der Waals surface area contributed by atoms with Gasteiger partial charge in [-0.05, 0) is 26.2 Å². The van der Waals surface area contributed by atoms with Crippen LogP contribution in [0, 0.1) is 5.92 Å². The average Bonchev–Trinajstić information content (AvgIpc) is 2.15. The molecule has 0 radical (unpaired) electrons. The van der Waals surface area contributed by atoms with E-state index in [1.807, 2.05) is 19.9 Å². The lowest BCUT2D eigenvalue weighted by molar-refractivity contribution is -0.143. The van der Waals surface area contributed by atoms with E-state index >= 15 is 0 Å². The van der Waals surface area contributed by atoms with Crippen LogP contribution in [0.25, 0.3) is 0 Å². The topological polar surface area (TPSA) is 43.4 Å². The Bertz CT molecular complexity index is 231. The van der Waals surface area contributed by atoms with Gasteiger partial charge in [-0.15, -0.1) is 0 Å². The summed E-state index contributed by atoms with van der Waals surface area (Å²) in [5.74, 6) is 0.0954. The summed E-state index contributed by atoms with van der Waals surface area (Å²) in [5, 5.41) is 0. The highest BCUT2D eigenvalue weighted by molar-refractivity contribution is 5.69. The van der Waals surface area contributed by atoms with Gasteiger partial charge >= 0.3 is 5.97 Å². The minimum Gasteiger partial charge on any atom is -0.466 e. The van der Waals surface area contributed by atoms with Gasteiger partial charge in [-0.1, -0.05) is 18.6 Å². The predicted octanol–water partition coefficient (Wildman–Crippen LogP) is 2.50. The molecule has 0 N–H and O–H groups in total. The molecule has 0 saturated heterocycles.